The van der Waals surface area contributed by atoms with Gasteiger partial charge in [0.15, 0.2) is 0 Å². The summed E-state index contributed by atoms with van der Waals surface area (Å²) in [5, 5.41) is 0. The summed E-state index contributed by atoms with van der Waals surface area (Å²) >= 11 is 0. The van der Waals surface area contributed by atoms with E-state index >= 15 is 0 Å². The minimum absolute atomic E-state index is 0.365. The molecule has 0 saturated carbocycles. The molecule has 2 N–H and O–H groups in total. The van der Waals surface area contributed by atoms with E-state index in [9.17, 15) is 8.78 Å². The van der Waals surface area contributed by atoms with Crippen molar-refractivity contribution in [2.45, 2.75) is 6.92 Å². The first-order valence-electron chi connectivity index (χ1n) is 3.96. The minimum Gasteiger partial charge on any atom is -0.327 e. The summed E-state index contributed by atoms with van der Waals surface area (Å²) in [5.41, 5.74) is 6.55. The third-order valence-corrected chi connectivity index (χ3v) is 1.69. The molecule has 0 amide bonds. The van der Waals surface area contributed by atoms with Gasteiger partial charge in [-0.15, -0.1) is 0 Å². The highest BCUT2D eigenvalue weighted by Gasteiger charge is 2.00. The van der Waals surface area contributed by atoms with Crippen LogP contribution in [0.5, 0.6) is 0 Å². The number of nitrogens with two attached hydrogens (primary N) is 1. The lowest BCUT2D eigenvalue weighted by molar-refractivity contribution is 0.581. The third-order valence-electron chi connectivity index (χ3n) is 1.69. The molecule has 0 spiro atoms. The van der Waals surface area contributed by atoms with Gasteiger partial charge in [-0.2, -0.15) is 0 Å². The molecule has 0 heterocycles. The van der Waals surface area contributed by atoms with Crippen LogP contribution in [-0.4, -0.2) is 6.54 Å². The van der Waals surface area contributed by atoms with Gasteiger partial charge in [0, 0.05) is 18.2 Å². The van der Waals surface area contributed by atoms with Crippen LogP contribution >= 0.6 is 0 Å². The summed E-state index contributed by atoms with van der Waals surface area (Å²) in [7, 11) is 0. The van der Waals surface area contributed by atoms with Crippen LogP contribution in [0.1, 0.15) is 12.5 Å². The molecule has 0 unspecified atom stereocenters. The second-order valence-corrected chi connectivity index (χ2v) is 2.86. The van der Waals surface area contributed by atoms with E-state index in [2.05, 4.69) is 0 Å². The molecule has 0 bridgehead atoms. The Bertz CT molecular complexity index is 332. The predicted molar refractivity (Wildman–Crippen MR) is 49.1 cm³/mol. The van der Waals surface area contributed by atoms with Crippen LogP contribution in [-0.2, 0) is 0 Å². The van der Waals surface area contributed by atoms with Gasteiger partial charge in [0.25, 0.3) is 0 Å². The second-order valence-electron chi connectivity index (χ2n) is 2.86. The maximum absolute atomic E-state index is 13.0. The molecule has 70 valence electrons. The Morgan fingerprint density at radius 2 is 2.15 bits per heavy atom. The van der Waals surface area contributed by atoms with Crippen molar-refractivity contribution in [1.29, 1.82) is 0 Å². The van der Waals surface area contributed by atoms with Crippen LogP contribution in [0.2, 0.25) is 0 Å². The van der Waals surface area contributed by atoms with Crippen molar-refractivity contribution in [3.63, 3.8) is 0 Å². The van der Waals surface area contributed by atoms with Gasteiger partial charge < -0.3 is 5.73 Å². The van der Waals surface area contributed by atoms with Crippen LogP contribution in [0, 0.1) is 11.6 Å². The first-order chi connectivity index (χ1) is 6.13. The Hall–Kier alpha value is -1.22. The second kappa shape index (κ2) is 4.14. The van der Waals surface area contributed by atoms with Crippen molar-refractivity contribution in [2.75, 3.05) is 6.54 Å². The van der Waals surface area contributed by atoms with Gasteiger partial charge in [-0.1, -0.05) is 11.6 Å². The van der Waals surface area contributed by atoms with Gasteiger partial charge in [0.05, 0.1) is 0 Å². The van der Waals surface area contributed by atoms with E-state index in [-0.39, 0.29) is 0 Å². The summed E-state index contributed by atoms with van der Waals surface area (Å²) in [6.45, 7) is 2.17. The third kappa shape index (κ3) is 2.63. The highest BCUT2D eigenvalue weighted by atomic mass is 19.1. The molecule has 3 heteroatoms. The predicted octanol–water partition coefficient (Wildman–Crippen LogP) is 2.33. The summed E-state index contributed by atoms with van der Waals surface area (Å²) in [6, 6.07) is 3.47. The largest absolute Gasteiger partial charge is 0.327 e. The smallest absolute Gasteiger partial charge is 0.133 e. The van der Waals surface area contributed by atoms with Gasteiger partial charge in [-0.25, -0.2) is 8.78 Å². The van der Waals surface area contributed by atoms with E-state index in [0.717, 1.165) is 11.6 Å². The zero-order valence-corrected chi connectivity index (χ0v) is 7.35. The summed E-state index contributed by atoms with van der Waals surface area (Å²) in [4.78, 5) is 0. The maximum Gasteiger partial charge on any atom is 0.133 e. The fourth-order valence-corrected chi connectivity index (χ4v) is 0.943. The van der Waals surface area contributed by atoms with E-state index in [1.807, 2.05) is 0 Å². The molecule has 0 radical (unpaired) electrons. The molecule has 1 rings (SSSR count). The number of hydrogen-bond acceptors (Lipinski definition) is 1. The van der Waals surface area contributed by atoms with Gasteiger partial charge in [-0.3, -0.25) is 0 Å². The Labute approximate surface area is 75.9 Å². The first kappa shape index (κ1) is 9.86. The maximum atomic E-state index is 13.0. The Balaban J connectivity index is 3.03. The molecule has 0 aromatic heterocycles. The zero-order chi connectivity index (χ0) is 9.84. The van der Waals surface area contributed by atoms with Gasteiger partial charge >= 0.3 is 0 Å². The number of halogens is 2. The normalized spacial score (nSPS) is 11.8. The first-order valence-corrected chi connectivity index (χ1v) is 3.96. The molecule has 0 atom stereocenters. The van der Waals surface area contributed by atoms with Gasteiger partial charge in [0.1, 0.15) is 11.6 Å². The highest BCUT2D eigenvalue weighted by Crippen LogP contribution is 2.12. The van der Waals surface area contributed by atoms with Crippen LogP contribution in [0.3, 0.4) is 0 Å². The molecule has 0 aliphatic rings. The van der Waals surface area contributed by atoms with Gasteiger partial charge in [-0.05, 0) is 19.1 Å². The molecule has 13 heavy (non-hydrogen) atoms. The Kier molecular flexibility index (Phi) is 3.14. The Morgan fingerprint density at radius 1 is 1.46 bits per heavy atom. The molecular weight excluding hydrogens is 172 g/mol. The molecule has 1 aromatic rings. The number of hydrogen-bond donors (Lipinski definition) is 1. The minimum atomic E-state index is -0.569. The summed E-state index contributed by atoms with van der Waals surface area (Å²) in [5.74, 6) is -1.13. The van der Waals surface area contributed by atoms with E-state index in [1.54, 1.807) is 13.0 Å². The average molecular weight is 183 g/mol. The number of rotatable bonds is 2. The molecular formula is C10H11F2N. The van der Waals surface area contributed by atoms with Crippen molar-refractivity contribution < 1.29 is 8.78 Å². The van der Waals surface area contributed by atoms with Crippen LogP contribution in [0.15, 0.2) is 23.8 Å². The fourth-order valence-electron chi connectivity index (χ4n) is 0.943. The summed E-state index contributed by atoms with van der Waals surface area (Å²) in [6.07, 6.45) is 1.61. The van der Waals surface area contributed by atoms with E-state index in [4.69, 9.17) is 5.73 Å². The number of benzene rings is 1. The summed E-state index contributed by atoms with van der Waals surface area (Å²) < 4.78 is 25.5. The van der Waals surface area contributed by atoms with Crippen LogP contribution in [0.4, 0.5) is 8.78 Å². The SMILES string of the molecule is CC(=Cc1ccc(F)cc1F)CN. The lowest BCUT2D eigenvalue weighted by Crippen LogP contribution is -1.99. The lowest BCUT2D eigenvalue weighted by Gasteiger charge is -1.99. The van der Waals surface area contributed by atoms with Crippen molar-refractivity contribution in [2.24, 2.45) is 5.73 Å². The quantitative estimate of drug-likeness (QED) is 0.748. The van der Waals surface area contributed by atoms with Crippen molar-refractivity contribution >= 4 is 6.08 Å². The van der Waals surface area contributed by atoms with E-state index in [1.165, 1.54) is 12.1 Å². The van der Waals surface area contributed by atoms with Crippen molar-refractivity contribution in [1.82, 2.24) is 0 Å². The molecule has 1 aromatic carbocycles. The Morgan fingerprint density at radius 3 is 2.69 bits per heavy atom. The van der Waals surface area contributed by atoms with Crippen LogP contribution in [0.25, 0.3) is 6.08 Å². The van der Waals surface area contributed by atoms with Crippen LogP contribution < -0.4 is 5.73 Å². The molecule has 0 aliphatic heterocycles. The fraction of sp³-hybridized carbons (Fsp3) is 0.200. The highest BCUT2D eigenvalue weighted by molar-refractivity contribution is 5.53. The average Bonchev–Trinajstić information content (AvgIpc) is 2.09. The molecule has 0 saturated heterocycles. The van der Waals surface area contributed by atoms with Crippen molar-refractivity contribution in [3.8, 4) is 0 Å². The monoisotopic (exact) mass is 183 g/mol. The van der Waals surface area contributed by atoms with E-state index in [0.29, 0.717) is 12.1 Å². The van der Waals surface area contributed by atoms with Crippen molar-refractivity contribution in [3.05, 3.63) is 41.0 Å². The molecule has 0 aliphatic carbocycles. The topological polar surface area (TPSA) is 26.0 Å². The van der Waals surface area contributed by atoms with E-state index < -0.39 is 11.6 Å². The zero-order valence-electron chi connectivity index (χ0n) is 7.35. The molecule has 0 fully saturated rings. The van der Waals surface area contributed by atoms with Gasteiger partial charge in [0.2, 0.25) is 0 Å². The lowest BCUT2D eigenvalue weighted by atomic mass is 10.1. The standard InChI is InChI=1S/C10H11F2N/c1-7(6-13)4-8-2-3-9(11)5-10(8)12/h2-5H,6,13H2,1H3. The molecule has 1 nitrogen and oxygen atoms in total.